The molecule has 1 amide bonds. The van der Waals surface area contributed by atoms with Crippen LogP contribution in [0.2, 0.25) is 5.15 Å². The molecule has 2 aliphatic heterocycles. The SMILES string of the molecule is CC(C)(C)OC(=O)N[C@H]1C[C@@H]2Cn3c(cc(Cl)nc3=O)N2C1. The van der Waals surface area contributed by atoms with Crippen molar-refractivity contribution >= 4 is 23.5 Å². The fourth-order valence-electron chi connectivity index (χ4n) is 3.04. The monoisotopic (exact) mass is 326 g/mol. The number of halogens is 1. The van der Waals surface area contributed by atoms with E-state index >= 15 is 0 Å². The van der Waals surface area contributed by atoms with Crippen molar-refractivity contribution in [3.63, 3.8) is 0 Å². The van der Waals surface area contributed by atoms with Crippen LogP contribution in [0.15, 0.2) is 10.9 Å². The summed E-state index contributed by atoms with van der Waals surface area (Å²) in [6.07, 6.45) is 0.349. The Morgan fingerprint density at radius 2 is 2.18 bits per heavy atom. The van der Waals surface area contributed by atoms with E-state index in [0.717, 1.165) is 12.2 Å². The van der Waals surface area contributed by atoms with Crippen LogP contribution in [0, 0.1) is 0 Å². The lowest BCUT2D eigenvalue weighted by atomic mass is 10.2. The van der Waals surface area contributed by atoms with Gasteiger partial charge in [0.2, 0.25) is 0 Å². The standard InChI is InChI=1S/C14H19ClN4O3/c1-14(2,3)22-13(21)16-8-4-9-7-19-11(18(9)6-8)5-10(15)17-12(19)20/h5,8-9H,4,6-7H2,1-3H3,(H,16,21)/t8-,9+/m0/s1. The number of nitrogens with zero attached hydrogens (tertiary/aromatic N) is 3. The van der Waals surface area contributed by atoms with E-state index in [2.05, 4.69) is 15.2 Å². The minimum atomic E-state index is -0.516. The molecule has 0 aliphatic carbocycles. The Bertz CT molecular complexity index is 667. The number of carbonyl (C=O) groups is 1. The zero-order valence-corrected chi connectivity index (χ0v) is 13.6. The van der Waals surface area contributed by atoms with Gasteiger partial charge in [0.15, 0.2) is 0 Å². The Labute approximate surface area is 133 Å². The molecule has 1 aromatic rings. The predicted molar refractivity (Wildman–Crippen MR) is 82.4 cm³/mol. The van der Waals surface area contributed by atoms with Gasteiger partial charge in [-0.3, -0.25) is 4.57 Å². The highest BCUT2D eigenvalue weighted by Gasteiger charge is 2.40. The summed E-state index contributed by atoms with van der Waals surface area (Å²) in [5, 5.41) is 3.08. The lowest BCUT2D eigenvalue weighted by Crippen LogP contribution is -2.40. The summed E-state index contributed by atoms with van der Waals surface area (Å²) in [5.41, 5.74) is -0.841. The summed E-state index contributed by atoms with van der Waals surface area (Å²) in [5.74, 6) is 0.767. The third-order valence-electron chi connectivity index (χ3n) is 3.78. The second kappa shape index (κ2) is 5.15. The van der Waals surface area contributed by atoms with Gasteiger partial charge in [0.1, 0.15) is 16.6 Å². The number of rotatable bonds is 1. The lowest BCUT2D eigenvalue weighted by molar-refractivity contribution is 0.0508. The average molecular weight is 327 g/mol. The predicted octanol–water partition coefficient (Wildman–Crippen LogP) is 1.38. The first kappa shape index (κ1) is 15.1. The van der Waals surface area contributed by atoms with Gasteiger partial charge in [-0.05, 0) is 27.2 Å². The number of nitrogens with one attached hydrogen (secondary N) is 1. The smallest absolute Gasteiger partial charge is 0.407 e. The van der Waals surface area contributed by atoms with Crippen molar-refractivity contribution in [2.75, 3.05) is 11.4 Å². The van der Waals surface area contributed by atoms with E-state index in [4.69, 9.17) is 16.3 Å². The third-order valence-corrected chi connectivity index (χ3v) is 3.97. The van der Waals surface area contributed by atoms with Crippen molar-refractivity contribution in [3.8, 4) is 0 Å². The maximum Gasteiger partial charge on any atom is 0.407 e. The molecule has 2 atom stereocenters. The van der Waals surface area contributed by atoms with E-state index in [1.807, 2.05) is 20.8 Å². The summed E-state index contributed by atoms with van der Waals surface area (Å²) in [4.78, 5) is 29.5. The molecule has 0 aromatic carbocycles. The van der Waals surface area contributed by atoms with Crippen molar-refractivity contribution in [1.82, 2.24) is 14.9 Å². The molecule has 8 heteroatoms. The van der Waals surface area contributed by atoms with E-state index in [1.54, 1.807) is 10.6 Å². The number of fused-ring (bicyclic) bond motifs is 3. The number of hydrogen-bond donors (Lipinski definition) is 1. The molecule has 1 aromatic heterocycles. The Morgan fingerprint density at radius 3 is 2.86 bits per heavy atom. The zero-order valence-electron chi connectivity index (χ0n) is 12.8. The van der Waals surface area contributed by atoms with E-state index < -0.39 is 11.7 Å². The number of amides is 1. The second-order valence-corrected chi connectivity index (χ2v) is 7.10. The van der Waals surface area contributed by atoms with E-state index in [9.17, 15) is 9.59 Å². The summed E-state index contributed by atoms with van der Waals surface area (Å²) < 4.78 is 6.90. The fraction of sp³-hybridized carbons (Fsp3) is 0.643. The molecule has 2 aliphatic rings. The zero-order chi connectivity index (χ0) is 16.1. The molecule has 0 bridgehead atoms. The molecule has 22 heavy (non-hydrogen) atoms. The summed E-state index contributed by atoms with van der Waals surface area (Å²) in [6, 6.07) is 1.86. The summed E-state index contributed by atoms with van der Waals surface area (Å²) in [6.45, 7) is 6.69. The molecule has 3 rings (SSSR count). The number of hydrogen-bond acceptors (Lipinski definition) is 5. The van der Waals surface area contributed by atoms with Crippen LogP contribution in [-0.4, -0.2) is 39.9 Å². The highest BCUT2D eigenvalue weighted by Crippen LogP contribution is 2.32. The van der Waals surface area contributed by atoms with Gasteiger partial charge in [-0.1, -0.05) is 11.6 Å². The number of aromatic nitrogens is 2. The first-order valence-corrected chi connectivity index (χ1v) is 7.64. The molecule has 0 saturated carbocycles. The Balaban J connectivity index is 1.69. The van der Waals surface area contributed by atoms with Crippen molar-refractivity contribution < 1.29 is 9.53 Å². The van der Waals surface area contributed by atoms with Gasteiger partial charge in [-0.25, -0.2) is 9.59 Å². The van der Waals surface area contributed by atoms with Gasteiger partial charge < -0.3 is 15.0 Å². The Morgan fingerprint density at radius 1 is 1.45 bits per heavy atom. The number of alkyl carbamates (subject to hydrolysis) is 1. The highest BCUT2D eigenvalue weighted by atomic mass is 35.5. The summed E-state index contributed by atoms with van der Waals surface area (Å²) in [7, 11) is 0. The van der Waals surface area contributed by atoms with Crippen molar-refractivity contribution in [3.05, 3.63) is 21.7 Å². The van der Waals surface area contributed by atoms with Crippen LogP contribution >= 0.6 is 11.6 Å². The van der Waals surface area contributed by atoms with Crippen LogP contribution in [0.4, 0.5) is 10.6 Å². The second-order valence-electron chi connectivity index (χ2n) is 6.72. The molecule has 120 valence electrons. The average Bonchev–Trinajstić information content (AvgIpc) is 2.85. The minimum Gasteiger partial charge on any atom is -0.444 e. The summed E-state index contributed by atoms with van der Waals surface area (Å²) >= 11 is 5.87. The highest BCUT2D eigenvalue weighted by molar-refractivity contribution is 6.29. The molecular weight excluding hydrogens is 308 g/mol. The molecule has 0 unspecified atom stereocenters. The number of anilines is 1. The van der Waals surface area contributed by atoms with E-state index in [-0.39, 0.29) is 22.9 Å². The molecule has 7 nitrogen and oxygen atoms in total. The van der Waals surface area contributed by atoms with Crippen LogP contribution in [0.25, 0.3) is 0 Å². The topological polar surface area (TPSA) is 76.5 Å². The number of carbonyl (C=O) groups excluding carboxylic acids is 1. The molecular formula is C14H19ClN4O3. The van der Waals surface area contributed by atoms with Crippen molar-refractivity contribution in [2.45, 2.75) is 51.4 Å². The molecule has 1 N–H and O–H groups in total. The van der Waals surface area contributed by atoms with Gasteiger partial charge in [0.25, 0.3) is 0 Å². The van der Waals surface area contributed by atoms with Crippen LogP contribution in [-0.2, 0) is 11.3 Å². The largest absolute Gasteiger partial charge is 0.444 e. The van der Waals surface area contributed by atoms with Gasteiger partial charge in [-0.15, -0.1) is 0 Å². The van der Waals surface area contributed by atoms with Gasteiger partial charge >= 0.3 is 11.8 Å². The molecule has 0 spiro atoms. The first-order chi connectivity index (χ1) is 10.2. The van der Waals surface area contributed by atoms with E-state index in [0.29, 0.717) is 13.1 Å². The van der Waals surface area contributed by atoms with Gasteiger partial charge in [0, 0.05) is 19.2 Å². The number of ether oxygens (including phenoxy) is 1. The van der Waals surface area contributed by atoms with Crippen LogP contribution in [0.5, 0.6) is 0 Å². The minimum absolute atomic E-state index is 0.00403. The maximum atomic E-state index is 11.8. The Kier molecular flexibility index (Phi) is 3.55. The van der Waals surface area contributed by atoms with Crippen LogP contribution in [0.1, 0.15) is 27.2 Å². The lowest BCUT2D eigenvalue weighted by Gasteiger charge is -2.22. The van der Waals surface area contributed by atoms with Crippen LogP contribution < -0.4 is 15.9 Å². The quantitative estimate of drug-likeness (QED) is 0.789. The molecule has 1 fully saturated rings. The normalized spacial score (nSPS) is 23.2. The molecule has 0 radical (unpaired) electrons. The third kappa shape index (κ3) is 2.90. The maximum absolute atomic E-state index is 11.8. The first-order valence-electron chi connectivity index (χ1n) is 7.26. The van der Waals surface area contributed by atoms with Gasteiger partial charge in [-0.2, -0.15) is 4.98 Å². The fourth-order valence-corrected chi connectivity index (χ4v) is 3.21. The van der Waals surface area contributed by atoms with E-state index in [1.165, 1.54) is 0 Å². The van der Waals surface area contributed by atoms with Crippen molar-refractivity contribution in [2.24, 2.45) is 0 Å². The molecule has 1 saturated heterocycles. The molecule has 3 heterocycles. The Hall–Kier alpha value is -1.76. The van der Waals surface area contributed by atoms with Crippen LogP contribution in [0.3, 0.4) is 0 Å². The van der Waals surface area contributed by atoms with Crippen molar-refractivity contribution in [1.29, 1.82) is 0 Å². The van der Waals surface area contributed by atoms with Gasteiger partial charge in [0.05, 0.1) is 12.1 Å².